The fraction of sp³-hybridized carbons (Fsp3) is 0.500. The van der Waals surface area contributed by atoms with Crippen molar-refractivity contribution in [2.75, 3.05) is 31.1 Å². The largest absolute Gasteiger partial charge is 0.369 e. The summed E-state index contributed by atoms with van der Waals surface area (Å²) in [5, 5.41) is 8.92. The number of nitriles is 1. The average molecular weight is 306 g/mol. The van der Waals surface area contributed by atoms with Crippen molar-refractivity contribution in [2.45, 2.75) is 18.9 Å². The van der Waals surface area contributed by atoms with Gasteiger partial charge in [-0.15, -0.1) is 0 Å². The molecule has 1 aromatic rings. The minimum atomic E-state index is 0.704. The van der Waals surface area contributed by atoms with E-state index in [0.717, 1.165) is 23.6 Å². The zero-order valence-electron chi connectivity index (χ0n) is 10.3. The molecule has 1 saturated carbocycles. The lowest BCUT2D eigenvalue weighted by Gasteiger charge is -2.36. The lowest BCUT2D eigenvalue weighted by Crippen LogP contribution is -2.47. The van der Waals surface area contributed by atoms with Crippen LogP contribution in [0.1, 0.15) is 18.4 Å². The van der Waals surface area contributed by atoms with Gasteiger partial charge < -0.3 is 4.90 Å². The number of hydrogen-bond donors (Lipinski definition) is 0. The highest BCUT2D eigenvalue weighted by molar-refractivity contribution is 9.10. The average Bonchev–Trinajstić information content (AvgIpc) is 3.23. The fourth-order valence-electron chi connectivity index (χ4n) is 2.58. The topological polar surface area (TPSA) is 30.3 Å². The van der Waals surface area contributed by atoms with Crippen LogP contribution < -0.4 is 4.90 Å². The van der Waals surface area contributed by atoms with Crippen molar-refractivity contribution in [1.29, 1.82) is 5.26 Å². The lowest BCUT2D eigenvalue weighted by molar-refractivity contribution is 0.248. The molecule has 2 fully saturated rings. The molecule has 1 heterocycles. The first kappa shape index (κ1) is 12.0. The molecule has 1 aliphatic heterocycles. The van der Waals surface area contributed by atoms with Gasteiger partial charge in [-0.2, -0.15) is 5.26 Å². The molecular formula is C14H16BrN3. The predicted octanol–water partition coefficient (Wildman–Crippen LogP) is 2.61. The minimum absolute atomic E-state index is 0.704. The summed E-state index contributed by atoms with van der Waals surface area (Å²) in [6, 6.07) is 9.06. The van der Waals surface area contributed by atoms with Gasteiger partial charge in [-0.25, -0.2) is 0 Å². The summed E-state index contributed by atoms with van der Waals surface area (Å²) >= 11 is 3.46. The van der Waals surface area contributed by atoms with Crippen LogP contribution in [0, 0.1) is 11.3 Å². The Kier molecular flexibility index (Phi) is 3.27. The summed E-state index contributed by atoms with van der Waals surface area (Å²) < 4.78 is 0.895. The van der Waals surface area contributed by atoms with E-state index in [1.165, 1.54) is 31.6 Å². The maximum Gasteiger partial charge on any atom is 0.100 e. The second kappa shape index (κ2) is 4.91. The summed E-state index contributed by atoms with van der Waals surface area (Å²) in [4.78, 5) is 5.01. The van der Waals surface area contributed by atoms with E-state index >= 15 is 0 Å². The molecule has 1 aliphatic carbocycles. The SMILES string of the molecule is N#Cc1ccc(N2CCN(C3CC3)CC2)cc1Br. The Bertz CT molecular complexity index is 482. The van der Waals surface area contributed by atoms with E-state index < -0.39 is 0 Å². The third-order valence-corrected chi connectivity index (χ3v) is 4.47. The molecule has 0 N–H and O–H groups in total. The lowest BCUT2D eigenvalue weighted by atomic mass is 10.2. The van der Waals surface area contributed by atoms with Crippen LogP contribution >= 0.6 is 15.9 Å². The van der Waals surface area contributed by atoms with Crippen LogP contribution in [0.15, 0.2) is 22.7 Å². The van der Waals surface area contributed by atoms with Crippen molar-refractivity contribution in [3.63, 3.8) is 0 Å². The Morgan fingerprint density at radius 2 is 1.89 bits per heavy atom. The van der Waals surface area contributed by atoms with Crippen LogP contribution in [0.3, 0.4) is 0 Å². The maximum absolute atomic E-state index is 8.92. The van der Waals surface area contributed by atoms with Gasteiger partial charge in [-0.3, -0.25) is 4.90 Å². The van der Waals surface area contributed by atoms with Crippen LogP contribution in [0.2, 0.25) is 0 Å². The standard InChI is InChI=1S/C14H16BrN3/c15-14-9-13(2-1-11(14)10-16)18-7-5-17(6-8-18)12-3-4-12/h1-2,9,12H,3-8H2. The molecule has 1 saturated heterocycles. The molecule has 4 heteroatoms. The third-order valence-electron chi connectivity index (χ3n) is 3.82. The second-order valence-electron chi connectivity index (χ2n) is 5.03. The Morgan fingerprint density at radius 3 is 2.44 bits per heavy atom. The van der Waals surface area contributed by atoms with E-state index in [1.54, 1.807) is 0 Å². The molecule has 1 aromatic carbocycles. The molecule has 94 valence electrons. The van der Waals surface area contributed by atoms with Gasteiger partial charge in [0.15, 0.2) is 0 Å². The molecule has 0 radical (unpaired) electrons. The smallest absolute Gasteiger partial charge is 0.100 e. The highest BCUT2D eigenvalue weighted by Gasteiger charge is 2.31. The van der Waals surface area contributed by atoms with Crippen molar-refractivity contribution in [3.05, 3.63) is 28.2 Å². The molecule has 3 rings (SSSR count). The zero-order chi connectivity index (χ0) is 12.5. The van der Waals surface area contributed by atoms with E-state index in [2.05, 4.69) is 43.9 Å². The Balaban J connectivity index is 1.68. The number of nitrogens with zero attached hydrogens (tertiary/aromatic N) is 3. The van der Waals surface area contributed by atoms with Gasteiger partial charge in [0.2, 0.25) is 0 Å². The quantitative estimate of drug-likeness (QED) is 0.841. The van der Waals surface area contributed by atoms with Crippen LogP contribution in [-0.4, -0.2) is 37.1 Å². The summed E-state index contributed by atoms with van der Waals surface area (Å²) in [7, 11) is 0. The first-order chi connectivity index (χ1) is 8.78. The Labute approximate surface area is 116 Å². The molecular weight excluding hydrogens is 290 g/mol. The second-order valence-corrected chi connectivity index (χ2v) is 5.88. The van der Waals surface area contributed by atoms with Crippen molar-refractivity contribution in [1.82, 2.24) is 4.90 Å². The molecule has 0 amide bonds. The molecule has 0 unspecified atom stereocenters. The van der Waals surface area contributed by atoms with Crippen LogP contribution in [0.4, 0.5) is 5.69 Å². The number of piperazine rings is 1. The zero-order valence-corrected chi connectivity index (χ0v) is 11.9. The van der Waals surface area contributed by atoms with E-state index in [0.29, 0.717) is 5.56 Å². The number of hydrogen-bond acceptors (Lipinski definition) is 3. The van der Waals surface area contributed by atoms with Crippen LogP contribution in [-0.2, 0) is 0 Å². The van der Waals surface area contributed by atoms with Gasteiger partial charge in [0, 0.05) is 42.4 Å². The highest BCUT2D eigenvalue weighted by Crippen LogP contribution is 2.29. The van der Waals surface area contributed by atoms with Crippen LogP contribution in [0.5, 0.6) is 0 Å². The van der Waals surface area contributed by atoms with Gasteiger partial charge in [-0.1, -0.05) is 0 Å². The van der Waals surface area contributed by atoms with Gasteiger partial charge in [0.25, 0.3) is 0 Å². The molecule has 0 spiro atoms. The summed E-state index contributed by atoms with van der Waals surface area (Å²) in [6.07, 6.45) is 2.78. The number of halogens is 1. The summed E-state index contributed by atoms with van der Waals surface area (Å²) in [5.74, 6) is 0. The van der Waals surface area contributed by atoms with Crippen molar-refractivity contribution < 1.29 is 0 Å². The van der Waals surface area contributed by atoms with Gasteiger partial charge in [-0.05, 0) is 47.0 Å². The van der Waals surface area contributed by atoms with Crippen LogP contribution in [0.25, 0.3) is 0 Å². The number of rotatable bonds is 2. The Hall–Kier alpha value is -1.05. The first-order valence-electron chi connectivity index (χ1n) is 6.46. The molecule has 0 bridgehead atoms. The monoisotopic (exact) mass is 305 g/mol. The fourth-order valence-corrected chi connectivity index (χ4v) is 3.03. The minimum Gasteiger partial charge on any atom is -0.369 e. The first-order valence-corrected chi connectivity index (χ1v) is 7.26. The molecule has 3 nitrogen and oxygen atoms in total. The van der Waals surface area contributed by atoms with E-state index in [-0.39, 0.29) is 0 Å². The highest BCUT2D eigenvalue weighted by atomic mass is 79.9. The molecule has 2 aliphatic rings. The van der Waals surface area contributed by atoms with Gasteiger partial charge >= 0.3 is 0 Å². The van der Waals surface area contributed by atoms with E-state index in [4.69, 9.17) is 5.26 Å². The van der Waals surface area contributed by atoms with Crippen molar-refractivity contribution in [2.24, 2.45) is 0 Å². The van der Waals surface area contributed by atoms with Crippen molar-refractivity contribution in [3.8, 4) is 6.07 Å². The number of anilines is 1. The Morgan fingerprint density at radius 1 is 1.17 bits per heavy atom. The normalized spacial score (nSPS) is 20.8. The predicted molar refractivity (Wildman–Crippen MR) is 75.7 cm³/mol. The van der Waals surface area contributed by atoms with Gasteiger partial charge in [0.1, 0.15) is 6.07 Å². The summed E-state index contributed by atoms with van der Waals surface area (Å²) in [5.41, 5.74) is 1.92. The molecule has 18 heavy (non-hydrogen) atoms. The molecule has 0 aromatic heterocycles. The maximum atomic E-state index is 8.92. The van der Waals surface area contributed by atoms with E-state index in [1.807, 2.05) is 6.07 Å². The number of benzene rings is 1. The third kappa shape index (κ3) is 2.38. The summed E-state index contributed by atoms with van der Waals surface area (Å²) in [6.45, 7) is 4.52. The van der Waals surface area contributed by atoms with Crippen molar-refractivity contribution >= 4 is 21.6 Å². The molecule has 0 atom stereocenters. The van der Waals surface area contributed by atoms with Gasteiger partial charge in [0.05, 0.1) is 5.56 Å². The van der Waals surface area contributed by atoms with E-state index in [9.17, 15) is 0 Å².